The topological polar surface area (TPSA) is 41.1 Å². The summed E-state index contributed by atoms with van der Waals surface area (Å²) in [5.74, 6) is 4.89. The summed E-state index contributed by atoms with van der Waals surface area (Å²) in [5.41, 5.74) is 0. The molecule has 1 fully saturated rings. The standard InChI is InChI=1S/C11H18N2OS/c1-2-6-15-7-5-13-11(14)8-10-3-4-12-9-10/h1,10,12H,3-9H2,(H,13,14). The van der Waals surface area contributed by atoms with Crippen LogP contribution in [0, 0.1) is 18.3 Å². The van der Waals surface area contributed by atoms with Crippen LogP contribution < -0.4 is 10.6 Å². The zero-order chi connectivity index (χ0) is 10.9. The zero-order valence-electron chi connectivity index (χ0n) is 8.92. The van der Waals surface area contributed by atoms with Gasteiger partial charge in [-0.05, 0) is 25.4 Å². The van der Waals surface area contributed by atoms with E-state index >= 15 is 0 Å². The maximum absolute atomic E-state index is 11.4. The van der Waals surface area contributed by atoms with Crippen molar-refractivity contribution in [1.82, 2.24) is 10.6 Å². The van der Waals surface area contributed by atoms with E-state index in [0.29, 0.717) is 12.3 Å². The summed E-state index contributed by atoms with van der Waals surface area (Å²) in [6, 6.07) is 0. The van der Waals surface area contributed by atoms with Crippen molar-refractivity contribution in [3.05, 3.63) is 0 Å². The van der Waals surface area contributed by atoms with E-state index in [9.17, 15) is 4.79 Å². The molecule has 1 unspecified atom stereocenters. The molecular formula is C11H18N2OS. The third kappa shape index (κ3) is 5.71. The van der Waals surface area contributed by atoms with Crippen LogP contribution in [0.4, 0.5) is 0 Å². The lowest BCUT2D eigenvalue weighted by molar-refractivity contribution is -0.121. The minimum atomic E-state index is 0.171. The van der Waals surface area contributed by atoms with Crippen molar-refractivity contribution in [2.75, 3.05) is 31.1 Å². The summed E-state index contributed by atoms with van der Waals surface area (Å²) in [4.78, 5) is 11.4. The maximum atomic E-state index is 11.4. The van der Waals surface area contributed by atoms with Gasteiger partial charge in [0.05, 0.1) is 5.75 Å². The van der Waals surface area contributed by atoms with Crippen molar-refractivity contribution in [3.63, 3.8) is 0 Å². The van der Waals surface area contributed by atoms with Gasteiger partial charge in [0.1, 0.15) is 0 Å². The van der Waals surface area contributed by atoms with Gasteiger partial charge >= 0.3 is 0 Å². The van der Waals surface area contributed by atoms with Crippen molar-refractivity contribution >= 4 is 17.7 Å². The first-order valence-corrected chi connectivity index (χ1v) is 6.47. The summed E-state index contributed by atoms with van der Waals surface area (Å²) >= 11 is 1.67. The average molecular weight is 226 g/mol. The monoisotopic (exact) mass is 226 g/mol. The first-order chi connectivity index (χ1) is 7.33. The fraction of sp³-hybridized carbons (Fsp3) is 0.727. The van der Waals surface area contributed by atoms with Crippen LogP contribution in [0.25, 0.3) is 0 Å². The number of hydrogen-bond acceptors (Lipinski definition) is 3. The fourth-order valence-electron chi connectivity index (χ4n) is 1.62. The van der Waals surface area contributed by atoms with E-state index in [0.717, 1.165) is 37.6 Å². The molecule has 1 rings (SSSR count). The molecule has 84 valence electrons. The number of amides is 1. The van der Waals surface area contributed by atoms with Gasteiger partial charge < -0.3 is 10.6 Å². The van der Waals surface area contributed by atoms with E-state index in [4.69, 9.17) is 6.42 Å². The number of nitrogens with one attached hydrogen (secondary N) is 2. The van der Waals surface area contributed by atoms with E-state index in [1.54, 1.807) is 11.8 Å². The van der Waals surface area contributed by atoms with Crippen molar-refractivity contribution in [1.29, 1.82) is 0 Å². The predicted octanol–water partition coefficient (Wildman–Crippen LogP) is 0.469. The lowest BCUT2D eigenvalue weighted by Crippen LogP contribution is -2.28. The Kier molecular flexibility index (Phi) is 6.29. The molecule has 0 saturated carbocycles. The molecule has 0 radical (unpaired) electrons. The molecule has 2 N–H and O–H groups in total. The second-order valence-corrected chi connectivity index (χ2v) is 4.77. The normalized spacial score (nSPS) is 19.8. The summed E-state index contributed by atoms with van der Waals surface area (Å²) in [7, 11) is 0. The molecule has 3 nitrogen and oxygen atoms in total. The van der Waals surface area contributed by atoms with E-state index in [1.165, 1.54) is 0 Å². The highest BCUT2D eigenvalue weighted by Gasteiger charge is 2.17. The molecule has 0 aromatic heterocycles. The zero-order valence-corrected chi connectivity index (χ0v) is 9.74. The summed E-state index contributed by atoms with van der Waals surface area (Å²) in [6.07, 6.45) is 6.90. The Hall–Kier alpha value is -0.660. The highest BCUT2D eigenvalue weighted by molar-refractivity contribution is 7.99. The SMILES string of the molecule is C#CCSCCNC(=O)CC1CCNC1. The third-order valence-corrected chi connectivity index (χ3v) is 3.25. The quantitative estimate of drug-likeness (QED) is 0.511. The summed E-state index contributed by atoms with van der Waals surface area (Å²) in [5, 5.41) is 6.17. The van der Waals surface area contributed by atoms with Crippen molar-refractivity contribution in [3.8, 4) is 12.3 Å². The molecule has 15 heavy (non-hydrogen) atoms. The highest BCUT2D eigenvalue weighted by atomic mass is 32.2. The minimum Gasteiger partial charge on any atom is -0.355 e. The van der Waals surface area contributed by atoms with Crippen molar-refractivity contribution < 1.29 is 4.79 Å². The maximum Gasteiger partial charge on any atom is 0.220 e. The smallest absolute Gasteiger partial charge is 0.220 e. The first kappa shape index (κ1) is 12.4. The number of terminal acetylenes is 1. The summed E-state index contributed by atoms with van der Waals surface area (Å²) in [6.45, 7) is 2.76. The molecule has 1 aliphatic rings. The Morgan fingerprint density at radius 3 is 3.20 bits per heavy atom. The molecule has 1 heterocycles. The number of rotatable bonds is 6. The van der Waals surface area contributed by atoms with E-state index < -0.39 is 0 Å². The first-order valence-electron chi connectivity index (χ1n) is 5.31. The van der Waals surface area contributed by atoms with Gasteiger partial charge in [0.25, 0.3) is 0 Å². The molecular weight excluding hydrogens is 208 g/mol. The number of thioether (sulfide) groups is 1. The Labute approximate surface area is 95.8 Å². The number of hydrogen-bond donors (Lipinski definition) is 2. The van der Waals surface area contributed by atoms with Crippen molar-refractivity contribution in [2.24, 2.45) is 5.92 Å². The van der Waals surface area contributed by atoms with Gasteiger partial charge in [-0.15, -0.1) is 18.2 Å². The molecule has 1 amide bonds. The molecule has 0 bridgehead atoms. The number of carbonyl (C=O) groups excluding carboxylic acids is 1. The molecule has 4 heteroatoms. The van der Waals surface area contributed by atoms with Crippen LogP contribution >= 0.6 is 11.8 Å². The molecule has 0 aromatic carbocycles. The third-order valence-electron chi connectivity index (χ3n) is 2.39. The lowest BCUT2D eigenvalue weighted by Gasteiger charge is -2.08. The Bertz CT molecular complexity index is 231. The predicted molar refractivity (Wildman–Crippen MR) is 64.8 cm³/mol. The van der Waals surface area contributed by atoms with E-state index in [2.05, 4.69) is 16.6 Å². The second kappa shape index (κ2) is 7.61. The van der Waals surface area contributed by atoms with Gasteiger partial charge in [-0.2, -0.15) is 0 Å². The van der Waals surface area contributed by atoms with Crippen LogP contribution in [0.5, 0.6) is 0 Å². The minimum absolute atomic E-state index is 0.171. The molecule has 0 aromatic rings. The van der Waals surface area contributed by atoms with Gasteiger partial charge in [0.15, 0.2) is 0 Å². The van der Waals surface area contributed by atoms with Crippen LogP contribution in [0.2, 0.25) is 0 Å². The number of carbonyl (C=O) groups is 1. The van der Waals surface area contributed by atoms with Crippen LogP contribution in [0.15, 0.2) is 0 Å². The molecule has 1 aliphatic heterocycles. The molecule has 1 atom stereocenters. The van der Waals surface area contributed by atoms with Crippen LogP contribution in [0.1, 0.15) is 12.8 Å². The van der Waals surface area contributed by atoms with E-state index in [1.807, 2.05) is 0 Å². The molecule has 1 saturated heterocycles. The molecule has 0 spiro atoms. The molecule has 0 aliphatic carbocycles. The van der Waals surface area contributed by atoms with Gasteiger partial charge in [-0.3, -0.25) is 4.79 Å². The second-order valence-electron chi connectivity index (χ2n) is 3.67. The summed E-state index contributed by atoms with van der Waals surface area (Å²) < 4.78 is 0. The Morgan fingerprint density at radius 2 is 2.53 bits per heavy atom. The van der Waals surface area contributed by atoms with Gasteiger partial charge in [0.2, 0.25) is 5.91 Å². The van der Waals surface area contributed by atoms with Gasteiger partial charge in [-0.25, -0.2) is 0 Å². The largest absolute Gasteiger partial charge is 0.355 e. The average Bonchev–Trinajstić information content (AvgIpc) is 2.70. The van der Waals surface area contributed by atoms with Crippen molar-refractivity contribution in [2.45, 2.75) is 12.8 Å². The van der Waals surface area contributed by atoms with Crippen LogP contribution in [0.3, 0.4) is 0 Å². The van der Waals surface area contributed by atoms with Crippen LogP contribution in [-0.2, 0) is 4.79 Å². The van der Waals surface area contributed by atoms with Gasteiger partial charge in [0, 0.05) is 18.7 Å². The Morgan fingerprint density at radius 1 is 1.67 bits per heavy atom. The fourth-order valence-corrected chi connectivity index (χ4v) is 2.13. The highest BCUT2D eigenvalue weighted by Crippen LogP contribution is 2.11. The Balaban J connectivity index is 1.96. The lowest BCUT2D eigenvalue weighted by atomic mass is 10.1. The van der Waals surface area contributed by atoms with Crippen LogP contribution in [-0.4, -0.2) is 37.0 Å². The van der Waals surface area contributed by atoms with E-state index in [-0.39, 0.29) is 5.91 Å². The van der Waals surface area contributed by atoms with Gasteiger partial charge in [-0.1, -0.05) is 5.92 Å².